The van der Waals surface area contributed by atoms with Gasteiger partial charge in [-0.05, 0) is 19.1 Å². The van der Waals surface area contributed by atoms with E-state index in [1.165, 1.54) is 28.7 Å². The third kappa shape index (κ3) is 4.14. The summed E-state index contributed by atoms with van der Waals surface area (Å²) in [6.07, 6.45) is -0.871. The molecule has 0 aliphatic carbocycles. The predicted molar refractivity (Wildman–Crippen MR) is 111 cm³/mol. The fraction of sp³-hybridized carbons (Fsp3) is 0.227. The molecule has 7 heteroatoms. The molecule has 148 valence electrons. The zero-order chi connectivity index (χ0) is 20.4. The molecule has 1 aromatic heterocycles. The second kappa shape index (κ2) is 8.05. The minimum atomic E-state index is -0.871. The summed E-state index contributed by atoms with van der Waals surface area (Å²) in [6.45, 7) is 3.68. The average Bonchev–Trinajstić information content (AvgIpc) is 3.20. The zero-order valence-electron chi connectivity index (χ0n) is 16.1. The number of para-hydroxylation sites is 2. The van der Waals surface area contributed by atoms with Crippen LogP contribution in [0.3, 0.4) is 0 Å². The van der Waals surface area contributed by atoms with Crippen molar-refractivity contribution in [3.8, 4) is 16.3 Å². The molecule has 1 aliphatic heterocycles. The summed E-state index contributed by atoms with van der Waals surface area (Å²) in [5.74, 6) is -0.178. The molecule has 3 aromatic rings. The van der Waals surface area contributed by atoms with Crippen LogP contribution in [0.25, 0.3) is 10.6 Å². The van der Waals surface area contributed by atoms with Gasteiger partial charge in [0.15, 0.2) is 0 Å². The third-order valence-electron chi connectivity index (χ3n) is 4.63. The summed E-state index contributed by atoms with van der Waals surface area (Å²) in [5.41, 5.74) is 3.56. The minimum absolute atomic E-state index is 0.0583. The molecule has 29 heavy (non-hydrogen) atoms. The maximum atomic E-state index is 12.6. The number of hydrogen-bond donors (Lipinski definition) is 0. The van der Waals surface area contributed by atoms with Crippen molar-refractivity contribution in [3.05, 3.63) is 65.2 Å². The first-order chi connectivity index (χ1) is 14.0. The standard InChI is InChI=1S/C22H20N2O4S/c1-14-7-9-16(10-8-14)21-23-17(13-29-21)12-27-22(26)20-11-24(15(2)25)18-5-3-4-6-19(18)28-20/h3-10,13,20H,11-12H2,1-2H3. The maximum absolute atomic E-state index is 12.6. The van der Waals surface area contributed by atoms with Crippen LogP contribution in [-0.2, 0) is 20.9 Å². The van der Waals surface area contributed by atoms with Crippen LogP contribution in [0.1, 0.15) is 18.2 Å². The van der Waals surface area contributed by atoms with E-state index in [4.69, 9.17) is 9.47 Å². The van der Waals surface area contributed by atoms with Gasteiger partial charge in [0.05, 0.1) is 17.9 Å². The Bertz CT molecular complexity index is 1040. The van der Waals surface area contributed by atoms with E-state index < -0.39 is 12.1 Å². The first kappa shape index (κ1) is 19.1. The van der Waals surface area contributed by atoms with Crippen molar-refractivity contribution in [1.82, 2.24) is 4.98 Å². The number of esters is 1. The highest BCUT2D eigenvalue weighted by atomic mass is 32.1. The van der Waals surface area contributed by atoms with E-state index >= 15 is 0 Å². The molecule has 0 N–H and O–H groups in total. The number of aromatic nitrogens is 1. The molecular weight excluding hydrogens is 388 g/mol. The highest BCUT2D eigenvalue weighted by Crippen LogP contribution is 2.33. The number of amides is 1. The van der Waals surface area contributed by atoms with E-state index in [0.717, 1.165) is 10.6 Å². The van der Waals surface area contributed by atoms with Crippen LogP contribution in [-0.4, -0.2) is 29.5 Å². The van der Waals surface area contributed by atoms with Crippen LogP contribution in [0.5, 0.6) is 5.75 Å². The van der Waals surface area contributed by atoms with Gasteiger partial charge in [-0.15, -0.1) is 11.3 Å². The summed E-state index contributed by atoms with van der Waals surface area (Å²) < 4.78 is 11.2. The Kier molecular flexibility index (Phi) is 5.31. The molecule has 0 bridgehead atoms. The number of nitrogens with zero attached hydrogens (tertiary/aromatic N) is 2. The van der Waals surface area contributed by atoms with Gasteiger partial charge in [0.2, 0.25) is 12.0 Å². The summed E-state index contributed by atoms with van der Waals surface area (Å²) in [7, 11) is 0. The lowest BCUT2D eigenvalue weighted by atomic mass is 10.2. The zero-order valence-corrected chi connectivity index (χ0v) is 16.9. The number of rotatable bonds is 4. The molecule has 1 atom stereocenters. The van der Waals surface area contributed by atoms with Crippen molar-refractivity contribution in [2.75, 3.05) is 11.4 Å². The van der Waals surface area contributed by atoms with E-state index in [1.807, 2.05) is 42.6 Å². The average molecular weight is 408 g/mol. The van der Waals surface area contributed by atoms with Crippen molar-refractivity contribution in [3.63, 3.8) is 0 Å². The molecule has 2 aromatic carbocycles. The molecule has 1 aliphatic rings. The summed E-state index contributed by atoms with van der Waals surface area (Å²) in [4.78, 5) is 30.6. The summed E-state index contributed by atoms with van der Waals surface area (Å²) in [6, 6.07) is 15.3. The SMILES string of the molecule is CC(=O)N1CC(C(=O)OCc2csc(-c3ccc(C)cc3)n2)Oc2ccccc21. The van der Waals surface area contributed by atoms with Gasteiger partial charge in [-0.3, -0.25) is 4.79 Å². The van der Waals surface area contributed by atoms with Gasteiger partial charge in [0, 0.05) is 17.9 Å². The van der Waals surface area contributed by atoms with Crippen LogP contribution in [0.4, 0.5) is 5.69 Å². The fourth-order valence-electron chi connectivity index (χ4n) is 3.10. The van der Waals surface area contributed by atoms with Gasteiger partial charge < -0.3 is 14.4 Å². The van der Waals surface area contributed by atoms with E-state index in [2.05, 4.69) is 4.98 Å². The maximum Gasteiger partial charge on any atom is 0.349 e. The van der Waals surface area contributed by atoms with Gasteiger partial charge in [-0.25, -0.2) is 9.78 Å². The molecule has 1 amide bonds. The Labute approximate surface area is 172 Å². The molecule has 0 saturated carbocycles. The Morgan fingerprint density at radius 1 is 1.21 bits per heavy atom. The number of anilines is 1. The van der Waals surface area contributed by atoms with Crippen molar-refractivity contribution in [2.45, 2.75) is 26.6 Å². The van der Waals surface area contributed by atoms with Crippen LogP contribution < -0.4 is 9.64 Å². The molecule has 0 spiro atoms. The normalized spacial score (nSPS) is 15.4. The number of hydrogen-bond acceptors (Lipinski definition) is 6. The quantitative estimate of drug-likeness (QED) is 0.611. The number of fused-ring (bicyclic) bond motifs is 1. The lowest BCUT2D eigenvalue weighted by molar-refractivity contribution is -0.153. The molecule has 2 heterocycles. The van der Waals surface area contributed by atoms with Crippen molar-refractivity contribution in [2.24, 2.45) is 0 Å². The van der Waals surface area contributed by atoms with Gasteiger partial charge >= 0.3 is 5.97 Å². The Balaban J connectivity index is 1.41. The number of benzene rings is 2. The van der Waals surface area contributed by atoms with Crippen LogP contribution in [0.15, 0.2) is 53.9 Å². The Morgan fingerprint density at radius 3 is 2.72 bits per heavy atom. The van der Waals surface area contributed by atoms with Crippen LogP contribution >= 0.6 is 11.3 Å². The molecule has 0 radical (unpaired) electrons. The Hall–Kier alpha value is -3.19. The second-order valence-electron chi connectivity index (χ2n) is 6.82. The number of thiazole rings is 1. The Morgan fingerprint density at radius 2 is 1.97 bits per heavy atom. The molecule has 0 fully saturated rings. The second-order valence-corrected chi connectivity index (χ2v) is 7.68. The molecule has 1 unspecified atom stereocenters. The molecule has 0 saturated heterocycles. The van der Waals surface area contributed by atoms with Gasteiger partial charge in [-0.1, -0.05) is 42.0 Å². The van der Waals surface area contributed by atoms with Crippen molar-refractivity contribution in [1.29, 1.82) is 0 Å². The summed E-state index contributed by atoms with van der Waals surface area (Å²) >= 11 is 1.50. The minimum Gasteiger partial charge on any atom is -0.475 e. The van der Waals surface area contributed by atoms with Crippen LogP contribution in [0, 0.1) is 6.92 Å². The first-order valence-electron chi connectivity index (χ1n) is 9.23. The van der Waals surface area contributed by atoms with E-state index in [9.17, 15) is 9.59 Å². The topological polar surface area (TPSA) is 68.7 Å². The number of carbonyl (C=O) groups excluding carboxylic acids is 2. The molecule has 4 rings (SSSR count). The summed E-state index contributed by atoms with van der Waals surface area (Å²) in [5, 5.41) is 2.75. The van der Waals surface area contributed by atoms with E-state index in [0.29, 0.717) is 17.1 Å². The molecule has 6 nitrogen and oxygen atoms in total. The molecular formula is C22H20N2O4S. The predicted octanol–water partition coefficient (Wildman–Crippen LogP) is 3.98. The highest BCUT2D eigenvalue weighted by molar-refractivity contribution is 7.13. The number of carbonyl (C=O) groups is 2. The fourth-order valence-corrected chi connectivity index (χ4v) is 3.91. The van der Waals surface area contributed by atoms with Gasteiger partial charge in [0.1, 0.15) is 17.4 Å². The highest BCUT2D eigenvalue weighted by Gasteiger charge is 2.33. The largest absolute Gasteiger partial charge is 0.475 e. The van der Waals surface area contributed by atoms with Gasteiger partial charge in [-0.2, -0.15) is 0 Å². The monoisotopic (exact) mass is 408 g/mol. The van der Waals surface area contributed by atoms with E-state index in [1.54, 1.807) is 18.2 Å². The third-order valence-corrected chi connectivity index (χ3v) is 5.57. The lowest BCUT2D eigenvalue weighted by Crippen LogP contribution is -2.47. The first-order valence-corrected chi connectivity index (χ1v) is 10.1. The van der Waals surface area contributed by atoms with Crippen molar-refractivity contribution >= 4 is 28.9 Å². The van der Waals surface area contributed by atoms with Gasteiger partial charge in [0.25, 0.3) is 0 Å². The lowest BCUT2D eigenvalue weighted by Gasteiger charge is -2.33. The number of ether oxygens (including phenoxy) is 2. The smallest absolute Gasteiger partial charge is 0.349 e. The van der Waals surface area contributed by atoms with Crippen LogP contribution in [0.2, 0.25) is 0 Å². The van der Waals surface area contributed by atoms with E-state index in [-0.39, 0.29) is 19.1 Å². The van der Waals surface area contributed by atoms with Crippen molar-refractivity contribution < 1.29 is 19.1 Å². The number of aryl methyl sites for hydroxylation is 1.